The highest BCUT2D eigenvalue weighted by Crippen LogP contribution is 2.27. The Morgan fingerprint density at radius 1 is 1.11 bits per heavy atom. The van der Waals surface area contributed by atoms with Crippen molar-refractivity contribution in [1.29, 1.82) is 0 Å². The van der Waals surface area contributed by atoms with Gasteiger partial charge in [-0.15, -0.1) is 0 Å². The molecular formula is C15H14Cl2FN. The van der Waals surface area contributed by atoms with E-state index in [1.807, 2.05) is 31.2 Å². The molecule has 2 rings (SSSR count). The molecule has 0 aromatic heterocycles. The largest absolute Gasteiger partial charge is 0.307 e. The number of halogens is 3. The Kier molecular flexibility index (Phi) is 4.81. The van der Waals surface area contributed by atoms with Gasteiger partial charge in [-0.2, -0.15) is 0 Å². The quantitative estimate of drug-likeness (QED) is 0.852. The molecule has 1 unspecified atom stereocenters. The fourth-order valence-corrected chi connectivity index (χ4v) is 2.40. The molecule has 0 amide bonds. The molecule has 19 heavy (non-hydrogen) atoms. The molecule has 2 aromatic rings. The van der Waals surface area contributed by atoms with E-state index >= 15 is 0 Å². The van der Waals surface area contributed by atoms with Crippen molar-refractivity contribution in [3.8, 4) is 0 Å². The molecule has 0 saturated heterocycles. The monoisotopic (exact) mass is 297 g/mol. The van der Waals surface area contributed by atoms with Gasteiger partial charge in [-0.1, -0.05) is 48.3 Å². The first-order chi connectivity index (χ1) is 9.11. The summed E-state index contributed by atoms with van der Waals surface area (Å²) in [5.74, 6) is -0.410. The molecule has 1 nitrogen and oxygen atoms in total. The normalized spacial score (nSPS) is 12.4. The van der Waals surface area contributed by atoms with Gasteiger partial charge in [0.1, 0.15) is 5.82 Å². The summed E-state index contributed by atoms with van der Waals surface area (Å²) in [6, 6.07) is 12.3. The fraction of sp³-hybridized carbons (Fsp3) is 0.200. The third-order valence-corrected chi connectivity index (χ3v) is 3.39. The third-order valence-electron chi connectivity index (χ3n) is 2.87. The van der Waals surface area contributed by atoms with E-state index in [4.69, 9.17) is 23.2 Å². The van der Waals surface area contributed by atoms with Gasteiger partial charge in [0.15, 0.2) is 0 Å². The second-order valence-electron chi connectivity index (χ2n) is 4.22. The van der Waals surface area contributed by atoms with Crippen LogP contribution in [0.1, 0.15) is 24.1 Å². The molecule has 0 fully saturated rings. The second kappa shape index (κ2) is 6.38. The molecule has 0 bridgehead atoms. The zero-order valence-corrected chi connectivity index (χ0v) is 12.0. The second-order valence-corrected chi connectivity index (χ2v) is 5.06. The van der Waals surface area contributed by atoms with Crippen LogP contribution in [0.25, 0.3) is 0 Å². The van der Waals surface area contributed by atoms with Crippen LogP contribution in [0.3, 0.4) is 0 Å². The fourth-order valence-electron chi connectivity index (χ4n) is 2.01. The van der Waals surface area contributed by atoms with E-state index in [-0.39, 0.29) is 11.1 Å². The van der Waals surface area contributed by atoms with Crippen LogP contribution in [-0.4, -0.2) is 6.54 Å². The lowest BCUT2D eigenvalue weighted by molar-refractivity contribution is 0.614. The molecule has 1 atom stereocenters. The van der Waals surface area contributed by atoms with Crippen LogP contribution in [0, 0.1) is 5.82 Å². The molecule has 1 N–H and O–H groups in total. The number of benzene rings is 2. The van der Waals surface area contributed by atoms with Gasteiger partial charge in [0.2, 0.25) is 0 Å². The van der Waals surface area contributed by atoms with E-state index in [2.05, 4.69) is 5.32 Å². The molecule has 0 aliphatic rings. The summed E-state index contributed by atoms with van der Waals surface area (Å²) in [6.07, 6.45) is 0. The van der Waals surface area contributed by atoms with Crippen LogP contribution in [0.2, 0.25) is 10.0 Å². The Morgan fingerprint density at radius 3 is 2.47 bits per heavy atom. The first kappa shape index (κ1) is 14.3. The van der Waals surface area contributed by atoms with Crippen molar-refractivity contribution in [2.24, 2.45) is 0 Å². The first-order valence-electron chi connectivity index (χ1n) is 6.05. The predicted molar refractivity (Wildman–Crippen MR) is 78.4 cm³/mol. The van der Waals surface area contributed by atoms with E-state index < -0.39 is 5.82 Å². The van der Waals surface area contributed by atoms with Gasteiger partial charge in [0.25, 0.3) is 0 Å². The predicted octanol–water partition coefficient (Wildman–Crippen LogP) is 4.83. The molecule has 100 valence electrons. The number of hydrogen-bond acceptors (Lipinski definition) is 1. The van der Waals surface area contributed by atoms with Crippen molar-refractivity contribution in [1.82, 2.24) is 5.32 Å². The lowest BCUT2D eigenvalue weighted by Gasteiger charge is -2.19. The zero-order valence-electron chi connectivity index (χ0n) is 10.5. The van der Waals surface area contributed by atoms with Crippen LogP contribution in [-0.2, 0) is 0 Å². The van der Waals surface area contributed by atoms with Crippen molar-refractivity contribution in [2.75, 3.05) is 6.54 Å². The van der Waals surface area contributed by atoms with Crippen LogP contribution in [0.15, 0.2) is 42.5 Å². The highest BCUT2D eigenvalue weighted by molar-refractivity contribution is 6.31. The summed E-state index contributed by atoms with van der Waals surface area (Å²) in [6.45, 7) is 2.80. The van der Waals surface area contributed by atoms with Gasteiger partial charge in [0, 0.05) is 5.02 Å². The maximum Gasteiger partial charge on any atom is 0.141 e. The maximum absolute atomic E-state index is 13.2. The summed E-state index contributed by atoms with van der Waals surface area (Å²) < 4.78 is 13.2. The lowest BCUT2D eigenvalue weighted by atomic mass is 9.98. The third kappa shape index (κ3) is 3.47. The highest BCUT2D eigenvalue weighted by Gasteiger charge is 2.14. The Morgan fingerprint density at radius 2 is 1.84 bits per heavy atom. The minimum Gasteiger partial charge on any atom is -0.307 e. The Balaban J connectivity index is 2.42. The number of hydrogen-bond donors (Lipinski definition) is 1. The summed E-state index contributed by atoms with van der Waals surface area (Å²) in [4.78, 5) is 0. The summed E-state index contributed by atoms with van der Waals surface area (Å²) >= 11 is 11.9. The molecule has 0 radical (unpaired) electrons. The summed E-state index contributed by atoms with van der Waals surface area (Å²) in [5.41, 5.74) is 1.94. The lowest BCUT2D eigenvalue weighted by Crippen LogP contribution is -2.22. The molecule has 0 spiro atoms. The van der Waals surface area contributed by atoms with Gasteiger partial charge < -0.3 is 5.32 Å². The number of rotatable bonds is 4. The van der Waals surface area contributed by atoms with E-state index in [9.17, 15) is 4.39 Å². The van der Waals surface area contributed by atoms with Crippen molar-refractivity contribution in [3.05, 3.63) is 69.5 Å². The minimum atomic E-state index is -0.410. The van der Waals surface area contributed by atoms with Gasteiger partial charge in [-0.05, 0) is 41.9 Å². The molecule has 0 aliphatic heterocycles. The SMILES string of the molecule is CCNC(c1cccc(Cl)c1)c1ccc(F)c(Cl)c1. The van der Waals surface area contributed by atoms with Crippen molar-refractivity contribution >= 4 is 23.2 Å². The average molecular weight is 298 g/mol. The molecule has 0 aliphatic carbocycles. The molecule has 4 heteroatoms. The summed E-state index contributed by atoms with van der Waals surface area (Å²) in [7, 11) is 0. The molecular weight excluding hydrogens is 284 g/mol. The van der Waals surface area contributed by atoms with Crippen LogP contribution in [0.4, 0.5) is 4.39 Å². The van der Waals surface area contributed by atoms with Crippen LogP contribution < -0.4 is 5.32 Å². The first-order valence-corrected chi connectivity index (χ1v) is 6.81. The Labute approximate surface area is 122 Å². The molecule has 2 aromatic carbocycles. The Bertz CT molecular complexity index is 572. The smallest absolute Gasteiger partial charge is 0.141 e. The molecule has 0 saturated carbocycles. The zero-order chi connectivity index (χ0) is 13.8. The summed E-state index contributed by atoms with van der Waals surface area (Å²) in [5, 5.41) is 4.15. The number of nitrogens with one attached hydrogen (secondary N) is 1. The Hall–Kier alpha value is -1.09. The van der Waals surface area contributed by atoms with Crippen LogP contribution >= 0.6 is 23.2 Å². The topological polar surface area (TPSA) is 12.0 Å². The molecule has 0 heterocycles. The van der Waals surface area contributed by atoms with Crippen molar-refractivity contribution < 1.29 is 4.39 Å². The van der Waals surface area contributed by atoms with E-state index in [0.717, 1.165) is 17.7 Å². The van der Waals surface area contributed by atoms with Crippen molar-refractivity contribution in [2.45, 2.75) is 13.0 Å². The minimum absolute atomic E-state index is 0.0539. The van der Waals surface area contributed by atoms with Gasteiger partial charge in [0.05, 0.1) is 11.1 Å². The van der Waals surface area contributed by atoms with Crippen LogP contribution in [0.5, 0.6) is 0 Å². The van der Waals surface area contributed by atoms with Gasteiger partial charge >= 0.3 is 0 Å². The van der Waals surface area contributed by atoms with Gasteiger partial charge in [-0.25, -0.2) is 4.39 Å². The van der Waals surface area contributed by atoms with Gasteiger partial charge in [-0.3, -0.25) is 0 Å². The van der Waals surface area contributed by atoms with Crippen molar-refractivity contribution in [3.63, 3.8) is 0 Å². The standard InChI is InChI=1S/C15H14Cl2FN/c1-2-19-15(10-4-3-5-12(16)8-10)11-6-7-14(18)13(17)9-11/h3-9,15,19H,2H2,1H3. The van der Waals surface area contributed by atoms with E-state index in [1.165, 1.54) is 6.07 Å². The maximum atomic E-state index is 13.2. The highest BCUT2D eigenvalue weighted by atomic mass is 35.5. The van der Waals surface area contributed by atoms with E-state index in [1.54, 1.807) is 12.1 Å². The van der Waals surface area contributed by atoms with E-state index in [0.29, 0.717) is 5.02 Å². The average Bonchev–Trinajstić information content (AvgIpc) is 2.39.